The third-order valence-corrected chi connectivity index (χ3v) is 4.08. The number of rotatable bonds is 7. The zero-order valence-electron chi connectivity index (χ0n) is 11.2. The summed E-state index contributed by atoms with van der Waals surface area (Å²) in [5, 5.41) is 12.7. The van der Waals surface area contributed by atoms with Gasteiger partial charge >= 0.3 is 0 Å². The minimum Gasteiger partial charge on any atom is -0.391 e. The average Bonchev–Trinajstić information content (AvgIpc) is 3.04. The van der Waals surface area contributed by atoms with Crippen molar-refractivity contribution in [2.24, 2.45) is 11.8 Å². The first kappa shape index (κ1) is 13.8. The van der Waals surface area contributed by atoms with E-state index in [0.29, 0.717) is 25.0 Å². The highest BCUT2D eigenvalue weighted by Gasteiger charge is 2.26. The molecule has 4 heteroatoms. The Kier molecular flexibility index (Phi) is 5.01. The van der Waals surface area contributed by atoms with Gasteiger partial charge in [-0.1, -0.05) is 12.8 Å². The Morgan fingerprint density at radius 2 is 2.00 bits per heavy atom. The number of hydrogen-bond acceptors (Lipinski definition) is 3. The van der Waals surface area contributed by atoms with E-state index in [1.54, 1.807) is 6.92 Å². The molecule has 2 N–H and O–H groups in total. The van der Waals surface area contributed by atoms with Crippen LogP contribution in [0, 0.1) is 11.8 Å². The van der Waals surface area contributed by atoms with E-state index in [9.17, 15) is 9.90 Å². The molecule has 1 amide bonds. The Labute approximate surface area is 109 Å². The highest BCUT2D eigenvalue weighted by atomic mass is 16.5. The molecular formula is C14H25NO3. The molecule has 2 fully saturated rings. The van der Waals surface area contributed by atoms with E-state index in [-0.39, 0.29) is 5.91 Å². The van der Waals surface area contributed by atoms with Crippen LogP contribution in [0.1, 0.15) is 45.4 Å². The lowest BCUT2D eigenvalue weighted by molar-refractivity contribution is -0.132. The van der Waals surface area contributed by atoms with Gasteiger partial charge in [0.1, 0.15) is 6.10 Å². The van der Waals surface area contributed by atoms with Crippen LogP contribution in [0.4, 0.5) is 0 Å². The molecule has 2 aliphatic rings. The number of aliphatic hydroxyl groups is 1. The Morgan fingerprint density at radius 3 is 2.61 bits per heavy atom. The Balaban J connectivity index is 1.60. The van der Waals surface area contributed by atoms with Gasteiger partial charge in [-0.05, 0) is 44.4 Å². The van der Waals surface area contributed by atoms with Gasteiger partial charge in [0.15, 0.2) is 0 Å². The van der Waals surface area contributed by atoms with Crippen LogP contribution in [0.3, 0.4) is 0 Å². The molecule has 0 aromatic carbocycles. The van der Waals surface area contributed by atoms with Crippen LogP contribution in [0.15, 0.2) is 0 Å². The summed E-state index contributed by atoms with van der Waals surface area (Å²) in [4.78, 5) is 11.7. The summed E-state index contributed by atoms with van der Waals surface area (Å²) in [5.41, 5.74) is 0. The summed E-state index contributed by atoms with van der Waals surface area (Å²) in [6.07, 6.45) is 6.25. The van der Waals surface area contributed by atoms with Crippen LogP contribution < -0.4 is 5.32 Å². The minimum atomic E-state index is -0.402. The summed E-state index contributed by atoms with van der Waals surface area (Å²) < 4.78 is 5.49. The van der Waals surface area contributed by atoms with Gasteiger partial charge in [-0.2, -0.15) is 0 Å². The normalized spacial score (nSPS) is 23.9. The molecule has 18 heavy (non-hydrogen) atoms. The SMILES string of the molecule is CC(OCC1CC1)C(=O)NCC(O)C1CCCC1. The molecule has 104 valence electrons. The van der Waals surface area contributed by atoms with Crippen molar-refractivity contribution in [1.29, 1.82) is 0 Å². The zero-order chi connectivity index (χ0) is 13.0. The van der Waals surface area contributed by atoms with Gasteiger partial charge < -0.3 is 15.2 Å². The molecule has 0 radical (unpaired) electrons. The molecule has 2 unspecified atom stereocenters. The average molecular weight is 255 g/mol. The predicted molar refractivity (Wildman–Crippen MR) is 69.1 cm³/mol. The zero-order valence-corrected chi connectivity index (χ0v) is 11.2. The quantitative estimate of drug-likeness (QED) is 0.724. The van der Waals surface area contributed by atoms with Crippen LogP contribution in [0.2, 0.25) is 0 Å². The van der Waals surface area contributed by atoms with E-state index in [4.69, 9.17) is 4.74 Å². The molecule has 0 heterocycles. The topological polar surface area (TPSA) is 58.6 Å². The van der Waals surface area contributed by atoms with E-state index < -0.39 is 12.2 Å². The number of amides is 1. The first-order valence-electron chi connectivity index (χ1n) is 7.24. The van der Waals surface area contributed by atoms with Crippen molar-refractivity contribution >= 4 is 5.91 Å². The van der Waals surface area contributed by atoms with E-state index in [1.807, 2.05) is 0 Å². The van der Waals surface area contributed by atoms with Gasteiger partial charge in [-0.25, -0.2) is 0 Å². The van der Waals surface area contributed by atoms with E-state index in [0.717, 1.165) is 12.8 Å². The monoisotopic (exact) mass is 255 g/mol. The fourth-order valence-electron chi connectivity index (χ4n) is 2.50. The van der Waals surface area contributed by atoms with Gasteiger partial charge in [0.05, 0.1) is 12.7 Å². The van der Waals surface area contributed by atoms with E-state index in [2.05, 4.69) is 5.32 Å². The molecule has 2 atom stereocenters. The van der Waals surface area contributed by atoms with Gasteiger partial charge in [-0.15, -0.1) is 0 Å². The maximum absolute atomic E-state index is 11.7. The summed E-state index contributed by atoms with van der Waals surface area (Å²) in [6.45, 7) is 2.83. The van der Waals surface area contributed by atoms with Crippen molar-refractivity contribution in [3.63, 3.8) is 0 Å². The first-order chi connectivity index (χ1) is 8.66. The lowest BCUT2D eigenvalue weighted by Gasteiger charge is -2.19. The fourth-order valence-corrected chi connectivity index (χ4v) is 2.50. The van der Waals surface area contributed by atoms with Gasteiger partial charge in [-0.3, -0.25) is 4.79 Å². The van der Waals surface area contributed by atoms with Crippen molar-refractivity contribution in [2.45, 2.75) is 57.7 Å². The third-order valence-electron chi connectivity index (χ3n) is 4.08. The molecule has 2 saturated carbocycles. The molecule has 0 bridgehead atoms. The molecule has 4 nitrogen and oxygen atoms in total. The minimum absolute atomic E-state index is 0.104. The number of aliphatic hydroxyl groups excluding tert-OH is 1. The fraction of sp³-hybridized carbons (Fsp3) is 0.929. The third kappa shape index (κ3) is 4.25. The summed E-state index contributed by atoms with van der Waals surface area (Å²) in [7, 11) is 0. The maximum atomic E-state index is 11.7. The first-order valence-corrected chi connectivity index (χ1v) is 7.24. The Morgan fingerprint density at radius 1 is 1.33 bits per heavy atom. The van der Waals surface area contributed by atoms with Gasteiger partial charge in [0, 0.05) is 6.54 Å². The second kappa shape index (κ2) is 6.53. The lowest BCUT2D eigenvalue weighted by Crippen LogP contribution is -2.41. The summed E-state index contributed by atoms with van der Waals surface area (Å²) >= 11 is 0. The van der Waals surface area contributed by atoms with E-state index in [1.165, 1.54) is 25.7 Å². The Hall–Kier alpha value is -0.610. The Bertz CT molecular complexity index is 272. The van der Waals surface area contributed by atoms with Crippen LogP contribution in [0.25, 0.3) is 0 Å². The number of carbonyl (C=O) groups excluding carboxylic acids is 1. The number of ether oxygens (including phenoxy) is 1. The number of nitrogens with one attached hydrogen (secondary N) is 1. The maximum Gasteiger partial charge on any atom is 0.248 e. The van der Waals surface area contributed by atoms with Crippen molar-refractivity contribution in [2.75, 3.05) is 13.2 Å². The van der Waals surface area contributed by atoms with Crippen molar-refractivity contribution < 1.29 is 14.6 Å². The predicted octanol–water partition coefficient (Wildman–Crippen LogP) is 1.47. The highest BCUT2D eigenvalue weighted by Crippen LogP contribution is 2.29. The molecule has 0 spiro atoms. The van der Waals surface area contributed by atoms with Crippen molar-refractivity contribution in [3.8, 4) is 0 Å². The molecule has 0 aliphatic heterocycles. The molecule has 2 rings (SSSR count). The molecule has 2 aliphatic carbocycles. The second-order valence-corrected chi connectivity index (χ2v) is 5.78. The lowest BCUT2D eigenvalue weighted by atomic mass is 10.0. The standard InChI is InChI=1S/C14H25NO3/c1-10(18-9-11-6-7-11)14(17)15-8-13(16)12-4-2-3-5-12/h10-13,16H,2-9H2,1H3,(H,15,17). The highest BCUT2D eigenvalue weighted by molar-refractivity contribution is 5.80. The van der Waals surface area contributed by atoms with Crippen LogP contribution in [-0.4, -0.2) is 36.4 Å². The summed E-state index contributed by atoms with van der Waals surface area (Å²) in [6, 6.07) is 0. The molecule has 0 aromatic heterocycles. The van der Waals surface area contributed by atoms with E-state index >= 15 is 0 Å². The number of carbonyl (C=O) groups is 1. The summed E-state index contributed by atoms with van der Waals surface area (Å²) in [5.74, 6) is 0.935. The molecular weight excluding hydrogens is 230 g/mol. The smallest absolute Gasteiger partial charge is 0.248 e. The van der Waals surface area contributed by atoms with Crippen LogP contribution in [-0.2, 0) is 9.53 Å². The van der Waals surface area contributed by atoms with Gasteiger partial charge in [0.25, 0.3) is 0 Å². The van der Waals surface area contributed by atoms with Crippen molar-refractivity contribution in [1.82, 2.24) is 5.32 Å². The number of hydrogen-bond donors (Lipinski definition) is 2. The second-order valence-electron chi connectivity index (χ2n) is 5.78. The molecule has 0 aromatic rings. The van der Waals surface area contributed by atoms with Crippen LogP contribution in [0.5, 0.6) is 0 Å². The molecule has 0 saturated heterocycles. The van der Waals surface area contributed by atoms with Gasteiger partial charge in [0.2, 0.25) is 5.91 Å². The van der Waals surface area contributed by atoms with Crippen LogP contribution >= 0.6 is 0 Å². The van der Waals surface area contributed by atoms with Crippen molar-refractivity contribution in [3.05, 3.63) is 0 Å². The largest absolute Gasteiger partial charge is 0.391 e.